The minimum Gasteiger partial charge on any atom is -0.324 e. The molecule has 0 saturated carbocycles. The fourth-order valence-corrected chi connectivity index (χ4v) is 3.55. The molecular formula is C20H14ClF3N4O3S. The minimum absolute atomic E-state index is 0.0496. The van der Waals surface area contributed by atoms with Crippen molar-refractivity contribution >= 4 is 40.6 Å². The topological polar surface area (TPSA) is 98.0 Å². The molecule has 1 heterocycles. The van der Waals surface area contributed by atoms with Crippen molar-refractivity contribution in [3.63, 3.8) is 0 Å². The third kappa shape index (κ3) is 5.74. The van der Waals surface area contributed by atoms with Crippen molar-refractivity contribution in [2.24, 2.45) is 0 Å². The van der Waals surface area contributed by atoms with E-state index in [0.717, 1.165) is 23.9 Å². The lowest BCUT2D eigenvalue weighted by atomic mass is 10.1. The van der Waals surface area contributed by atoms with Gasteiger partial charge >= 0.3 is 6.18 Å². The zero-order valence-corrected chi connectivity index (χ0v) is 17.8. The molecule has 166 valence electrons. The van der Waals surface area contributed by atoms with Gasteiger partial charge in [-0.25, -0.2) is 9.97 Å². The summed E-state index contributed by atoms with van der Waals surface area (Å²) in [5, 5.41) is 12.1. The number of halogens is 4. The molecule has 0 unspecified atom stereocenters. The van der Waals surface area contributed by atoms with Gasteiger partial charge in [0.1, 0.15) is 5.69 Å². The monoisotopic (exact) mass is 482 g/mol. The molecule has 0 saturated heterocycles. The summed E-state index contributed by atoms with van der Waals surface area (Å²) < 4.78 is 40.0. The summed E-state index contributed by atoms with van der Waals surface area (Å²) in [7, 11) is 0. The Morgan fingerprint density at radius 1 is 1.16 bits per heavy atom. The number of amides is 1. The minimum atomic E-state index is -4.69. The molecule has 1 aromatic heterocycles. The number of rotatable bonds is 6. The van der Waals surface area contributed by atoms with E-state index in [-0.39, 0.29) is 27.2 Å². The number of benzene rings is 2. The van der Waals surface area contributed by atoms with Gasteiger partial charge in [0.15, 0.2) is 5.16 Å². The number of nitro benzene ring substituents is 1. The van der Waals surface area contributed by atoms with E-state index in [1.165, 1.54) is 19.1 Å². The van der Waals surface area contributed by atoms with Gasteiger partial charge in [-0.15, -0.1) is 0 Å². The Kier molecular flexibility index (Phi) is 6.99. The Balaban J connectivity index is 1.82. The Bertz CT molecular complexity index is 1160. The molecule has 0 aliphatic rings. The van der Waals surface area contributed by atoms with E-state index in [1.807, 2.05) is 0 Å². The van der Waals surface area contributed by atoms with Gasteiger partial charge in [-0.1, -0.05) is 53.7 Å². The average molecular weight is 483 g/mol. The number of nitro groups is 1. The van der Waals surface area contributed by atoms with Crippen LogP contribution in [0.3, 0.4) is 0 Å². The van der Waals surface area contributed by atoms with E-state index in [4.69, 9.17) is 11.6 Å². The van der Waals surface area contributed by atoms with Gasteiger partial charge in [-0.3, -0.25) is 14.9 Å². The highest BCUT2D eigenvalue weighted by Crippen LogP contribution is 2.33. The van der Waals surface area contributed by atoms with Gasteiger partial charge < -0.3 is 5.32 Å². The molecule has 12 heteroatoms. The molecular weight excluding hydrogens is 469 g/mol. The molecule has 1 amide bonds. The van der Waals surface area contributed by atoms with Gasteiger partial charge in [-0.05, 0) is 19.1 Å². The quantitative estimate of drug-likeness (QED) is 0.205. The highest BCUT2D eigenvalue weighted by molar-refractivity contribution is 8.00. The molecule has 0 spiro atoms. The van der Waals surface area contributed by atoms with Crippen LogP contribution >= 0.6 is 23.4 Å². The SMILES string of the molecule is C[C@H](Sc1nc(-c2ccccc2)cc(C(F)(F)F)n1)C(=O)Nc1ccc([N+](=O)[O-])cc1Cl. The third-order valence-corrected chi connectivity index (χ3v) is 5.41. The summed E-state index contributed by atoms with van der Waals surface area (Å²) in [5.74, 6) is -0.590. The number of non-ortho nitro benzene ring substituents is 1. The summed E-state index contributed by atoms with van der Waals surface area (Å²) in [6.07, 6.45) is -4.69. The van der Waals surface area contributed by atoms with E-state index < -0.39 is 28.0 Å². The van der Waals surface area contributed by atoms with Crippen LogP contribution in [-0.4, -0.2) is 26.0 Å². The van der Waals surface area contributed by atoms with E-state index in [9.17, 15) is 28.1 Å². The molecule has 2 aromatic carbocycles. The Morgan fingerprint density at radius 3 is 2.44 bits per heavy atom. The van der Waals surface area contributed by atoms with Crippen LogP contribution < -0.4 is 5.32 Å². The molecule has 1 atom stereocenters. The number of carbonyl (C=O) groups excluding carboxylic acids is 1. The summed E-state index contributed by atoms with van der Waals surface area (Å²) in [6.45, 7) is 1.46. The predicted octanol–water partition coefficient (Wildman–Crippen LogP) is 5.84. The van der Waals surface area contributed by atoms with Crippen LogP contribution in [0.2, 0.25) is 5.02 Å². The Morgan fingerprint density at radius 2 is 1.84 bits per heavy atom. The number of hydrogen-bond acceptors (Lipinski definition) is 6. The Labute approximate surface area is 189 Å². The largest absolute Gasteiger partial charge is 0.433 e. The van der Waals surface area contributed by atoms with Crippen molar-refractivity contribution in [1.82, 2.24) is 9.97 Å². The molecule has 0 bridgehead atoms. The van der Waals surface area contributed by atoms with Gasteiger partial charge in [0.2, 0.25) is 5.91 Å². The lowest BCUT2D eigenvalue weighted by molar-refractivity contribution is -0.384. The maximum atomic E-state index is 13.3. The van der Waals surface area contributed by atoms with Crippen molar-refractivity contribution in [2.45, 2.75) is 23.5 Å². The van der Waals surface area contributed by atoms with E-state index in [2.05, 4.69) is 15.3 Å². The zero-order chi connectivity index (χ0) is 23.5. The van der Waals surface area contributed by atoms with Crippen molar-refractivity contribution in [3.8, 4) is 11.3 Å². The van der Waals surface area contributed by atoms with Crippen LogP contribution in [0.4, 0.5) is 24.5 Å². The molecule has 3 rings (SSSR count). The molecule has 7 nitrogen and oxygen atoms in total. The van der Waals surface area contributed by atoms with Crippen molar-refractivity contribution in [1.29, 1.82) is 0 Å². The first-order valence-corrected chi connectivity index (χ1v) is 10.2. The number of aromatic nitrogens is 2. The van der Waals surface area contributed by atoms with Crippen LogP contribution in [0.15, 0.2) is 59.8 Å². The van der Waals surface area contributed by atoms with Crippen molar-refractivity contribution in [3.05, 3.63) is 75.4 Å². The van der Waals surface area contributed by atoms with Crippen molar-refractivity contribution in [2.75, 3.05) is 5.32 Å². The number of carbonyl (C=O) groups is 1. The number of nitrogens with zero attached hydrogens (tertiary/aromatic N) is 3. The van der Waals surface area contributed by atoms with Gasteiger partial charge in [-0.2, -0.15) is 13.2 Å². The van der Waals surface area contributed by atoms with Crippen LogP contribution in [0.1, 0.15) is 12.6 Å². The number of thioether (sulfide) groups is 1. The fraction of sp³-hybridized carbons (Fsp3) is 0.150. The van der Waals surface area contributed by atoms with Crippen LogP contribution in [-0.2, 0) is 11.0 Å². The number of nitrogens with one attached hydrogen (secondary N) is 1. The zero-order valence-electron chi connectivity index (χ0n) is 16.3. The summed E-state index contributed by atoms with van der Waals surface area (Å²) >= 11 is 6.70. The highest BCUT2D eigenvalue weighted by atomic mass is 35.5. The maximum Gasteiger partial charge on any atom is 0.433 e. The average Bonchev–Trinajstić information content (AvgIpc) is 2.74. The van der Waals surface area contributed by atoms with E-state index in [0.29, 0.717) is 5.56 Å². The predicted molar refractivity (Wildman–Crippen MR) is 115 cm³/mol. The van der Waals surface area contributed by atoms with Gasteiger partial charge in [0, 0.05) is 17.7 Å². The second kappa shape index (κ2) is 9.53. The van der Waals surface area contributed by atoms with Gasteiger partial charge in [0.25, 0.3) is 5.69 Å². The maximum absolute atomic E-state index is 13.3. The first-order chi connectivity index (χ1) is 15.0. The molecule has 0 aliphatic carbocycles. The number of hydrogen-bond donors (Lipinski definition) is 1. The molecule has 3 aromatic rings. The van der Waals surface area contributed by atoms with Crippen LogP contribution in [0.5, 0.6) is 0 Å². The smallest absolute Gasteiger partial charge is 0.324 e. The number of alkyl halides is 3. The van der Waals surface area contributed by atoms with E-state index in [1.54, 1.807) is 30.3 Å². The number of anilines is 1. The molecule has 1 N–H and O–H groups in total. The normalized spacial score (nSPS) is 12.3. The third-order valence-electron chi connectivity index (χ3n) is 4.14. The van der Waals surface area contributed by atoms with Crippen LogP contribution in [0, 0.1) is 10.1 Å². The molecule has 0 fully saturated rings. The van der Waals surface area contributed by atoms with Gasteiger partial charge in [0.05, 0.1) is 26.6 Å². The van der Waals surface area contributed by atoms with Crippen LogP contribution in [0.25, 0.3) is 11.3 Å². The second-order valence-electron chi connectivity index (χ2n) is 6.46. The first-order valence-electron chi connectivity index (χ1n) is 8.98. The van der Waals surface area contributed by atoms with Crippen molar-refractivity contribution < 1.29 is 22.9 Å². The Hall–Kier alpha value is -3.18. The fourth-order valence-electron chi connectivity index (χ4n) is 2.54. The molecule has 32 heavy (non-hydrogen) atoms. The lowest BCUT2D eigenvalue weighted by Crippen LogP contribution is -2.23. The summed E-state index contributed by atoms with van der Waals surface area (Å²) in [6, 6.07) is 12.7. The summed E-state index contributed by atoms with van der Waals surface area (Å²) in [5.41, 5.74) is -0.704. The van der Waals surface area contributed by atoms with E-state index >= 15 is 0 Å². The second-order valence-corrected chi connectivity index (χ2v) is 8.17. The standard InChI is InChI=1S/C20H14ClF3N4O3S/c1-11(18(29)25-15-8-7-13(28(30)31)9-14(15)21)32-19-26-16(12-5-3-2-4-6-12)10-17(27-19)20(22,23)24/h2-11H,1H3,(H,25,29)/t11-/m0/s1. The summed E-state index contributed by atoms with van der Waals surface area (Å²) in [4.78, 5) is 30.4. The highest BCUT2D eigenvalue weighted by Gasteiger charge is 2.34. The first kappa shape index (κ1) is 23.5. The lowest BCUT2D eigenvalue weighted by Gasteiger charge is -2.14. The molecule has 0 aliphatic heterocycles. The molecule has 0 radical (unpaired) electrons.